The molecular weight excluding hydrogens is 164 g/mol. The zero-order valence-electron chi connectivity index (χ0n) is 6.96. The first-order valence-electron chi connectivity index (χ1n) is 3.67. The van der Waals surface area contributed by atoms with E-state index in [1.165, 1.54) is 0 Å². The summed E-state index contributed by atoms with van der Waals surface area (Å²) in [6.07, 6.45) is 1.09. The quantitative estimate of drug-likeness (QED) is 0.625. The van der Waals surface area contributed by atoms with Crippen LogP contribution in [0.2, 0.25) is 0 Å². The molecule has 0 saturated carbocycles. The molecule has 1 aliphatic rings. The molecule has 1 N–H and O–H groups in total. The van der Waals surface area contributed by atoms with Gasteiger partial charge in [-0.2, -0.15) is 0 Å². The van der Waals surface area contributed by atoms with E-state index in [-0.39, 0.29) is 18.3 Å². The molecule has 1 saturated heterocycles. The van der Waals surface area contributed by atoms with Crippen LogP contribution in [0.3, 0.4) is 0 Å². The first-order valence-corrected chi connectivity index (χ1v) is 3.67. The Morgan fingerprint density at radius 3 is 2.55 bits per heavy atom. The second-order valence-electron chi connectivity index (χ2n) is 2.74. The Hall–Kier alpha value is -0.280. The number of likely N-dealkylation sites (N-methyl/N-ethyl adjacent to an activating group) is 1. The van der Waals surface area contributed by atoms with Crippen molar-refractivity contribution in [1.82, 2.24) is 10.2 Å². The lowest BCUT2D eigenvalue weighted by Gasteiger charge is -2.12. The van der Waals surface area contributed by atoms with Crippen LogP contribution < -0.4 is 5.32 Å². The van der Waals surface area contributed by atoms with Crippen LogP contribution in [0.1, 0.15) is 13.3 Å². The topological polar surface area (TPSA) is 32.3 Å². The molecule has 1 heterocycles. The summed E-state index contributed by atoms with van der Waals surface area (Å²) in [6, 6.07) is 0.517. The van der Waals surface area contributed by atoms with Crippen molar-refractivity contribution in [1.29, 1.82) is 0 Å². The molecular formula is C7H15ClN2O. The lowest BCUT2D eigenvalue weighted by atomic mass is 10.3. The number of hydrogen-bond acceptors (Lipinski definition) is 2. The van der Waals surface area contributed by atoms with Crippen molar-refractivity contribution in [3.63, 3.8) is 0 Å². The summed E-state index contributed by atoms with van der Waals surface area (Å²) >= 11 is 0. The number of rotatable bonds is 1. The van der Waals surface area contributed by atoms with Crippen molar-refractivity contribution in [2.24, 2.45) is 0 Å². The standard InChI is InChI=1S/C7H14N2O.ClH/c1-6(10)9-4-3-7(5-9)8-2;/h7-8H,3-5H2,1-2H3;1H/t7-;/m1./s1. The maximum absolute atomic E-state index is 10.8. The molecule has 1 fully saturated rings. The maximum atomic E-state index is 10.8. The van der Waals surface area contributed by atoms with E-state index in [1.54, 1.807) is 6.92 Å². The predicted octanol–water partition coefficient (Wildman–Crippen LogP) is 0.248. The van der Waals surface area contributed by atoms with Crippen LogP contribution in [-0.4, -0.2) is 37.0 Å². The molecule has 0 aromatic rings. The number of amides is 1. The van der Waals surface area contributed by atoms with Gasteiger partial charge in [0.05, 0.1) is 0 Å². The number of carbonyl (C=O) groups is 1. The van der Waals surface area contributed by atoms with Gasteiger partial charge < -0.3 is 10.2 Å². The van der Waals surface area contributed by atoms with Crippen LogP contribution >= 0.6 is 12.4 Å². The highest BCUT2D eigenvalue weighted by Gasteiger charge is 2.21. The largest absolute Gasteiger partial charge is 0.341 e. The highest BCUT2D eigenvalue weighted by Crippen LogP contribution is 2.07. The van der Waals surface area contributed by atoms with Crippen molar-refractivity contribution in [2.75, 3.05) is 20.1 Å². The zero-order valence-corrected chi connectivity index (χ0v) is 7.78. The fraction of sp³-hybridized carbons (Fsp3) is 0.857. The van der Waals surface area contributed by atoms with E-state index < -0.39 is 0 Å². The molecule has 0 spiro atoms. The fourth-order valence-electron chi connectivity index (χ4n) is 1.28. The fourth-order valence-corrected chi connectivity index (χ4v) is 1.28. The minimum atomic E-state index is 0. The molecule has 1 aliphatic heterocycles. The molecule has 0 radical (unpaired) electrons. The van der Waals surface area contributed by atoms with Crippen molar-refractivity contribution < 1.29 is 4.79 Å². The normalized spacial score (nSPS) is 23.1. The van der Waals surface area contributed by atoms with E-state index in [2.05, 4.69) is 5.32 Å². The zero-order chi connectivity index (χ0) is 7.56. The van der Waals surface area contributed by atoms with E-state index in [0.717, 1.165) is 19.5 Å². The molecule has 0 unspecified atom stereocenters. The Bertz CT molecular complexity index is 140. The highest BCUT2D eigenvalue weighted by atomic mass is 35.5. The van der Waals surface area contributed by atoms with E-state index in [9.17, 15) is 4.79 Å². The third kappa shape index (κ3) is 2.67. The monoisotopic (exact) mass is 178 g/mol. The van der Waals surface area contributed by atoms with E-state index in [0.29, 0.717) is 6.04 Å². The average Bonchev–Trinajstić information content (AvgIpc) is 2.34. The average molecular weight is 179 g/mol. The summed E-state index contributed by atoms with van der Waals surface area (Å²) in [5, 5.41) is 3.15. The molecule has 11 heavy (non-hydrogen) atoms. The molecule has 1 atom stereocenters. The minimum absolute atomic E-state index is 0. The SMILES string of the molecule is CN[C@@H]1CCN(C(C)=O)C1.Cl. The molecule has 0 aromatic heterocycles. The van der Waals surface area contributed by atoms with Gasteiger partial charge in [-0.25, -0.2) is 0 Å². The van der Waals surface area contributed by atoms with Crippen LogP contribution in [0.5, 0.6) is 0 Å². The third-order valence-corrected chi connectivity index (χ3v) is 2.04. The van der Waals surface area contributed by atoms with Gasteiger partial charge in [-0.1, -0.05) is 0 Å². The predicted molar refractivity (Wildman–Crippen MR) is 47.0 cm³/mol. The summed E-state index contributed by atoms with van der Waals surface area (Å²) in [7, 11) is 1.94. The first-order chi connectivity index (χ1) is 4.74. The Balaban J connectivity index is 0.000001000. The number of hydrogen-bond donors (Lipinski definition) is 1. The summed E-state index contributed by atoms with van der Waals surface area (Å²) in [6.45, 7) is 3.42. The van der Waals surface area contributed by atoms with Gasteiger partial charge in [-0.05, 0) is 13.5 Å². The number of halogens is 1. The van der Waals surface area contributed by atoms with Gasteiger partial charge in [-0.3, -0.25) is 4.79 Å². The molecule has 0 aromatic carbocycles. The van der Waals surface area contributed by atoms with Crippen molar-refractivity contribution in [2.45, 2.75) is 19.4 Å². The second-order valence-corrected chi connectivity index (χ2v) is 2.74. The summed E-state index contributed by atoms with van der Waals surface area (Å²) in [4.78, 5) is 12.7. The molecule has 66 valence electrons. The van der Waals surface area contributed by atoms with Gasteiger partial charge >= 0.3 is 0 Å². The van der Waals surface area contributed by atoms with Gasteiger partial charge in [0.1, 0.15) is 0 Å². The molecule has 4 heteroatoms. The number of nitrogens with one attached hydrogen (secondary N) is 1. The minimum Gasteiger partial charge on any atom is -0.341 e. The second kappa shape index (κ2) is 4.57. The Kier molecular flexibility index (Phi) is 4.45. The van der Waals surface area contributed by atoms with Crippen LogP contribution in [0, 0.1) is 0 Å². The molecule has 1 amide bonds. The molecule has 0 aliphatic carbocycles. The maximum Gasteiger partial charge on any atom is 0.219 e. The van der Waals surface area contributed by atoms with Crippen molar-refractivity contribution >= 4 is 18.3 Å². The van der Waals surface area contributed by atoms with Crippen LogP contribution in [0.25, 0.3) is 0 Å². The number of likely N-dealkylation sites (tertiary alicyclic amines) is 1. The van der Waals surface area contributed by atoms with E-state index >= 15 is 0 Å². The van der Waals surface area contributed by atoms with Crippen molar-refractivity contribution in [3.8, 4) is 0 Å². The first kappa shape index (κ1) is 10.7. The van der Waals surface area contributed by atoms with E-state index in [1.807, 2.05) is 11.9 Å². The number of carbonyl (C=O) groups excluding carboxylic acids is 1. The van der Waals surface area contributed by atoms with Gasteiger partial charge in [0, 0.05) is 26.1 Å². The van der Waals surface area contributed by atoms with Gasteiger partial charge in [0.25, 0.3) is 0 Å². The van der Waals surface area contributed by atoms with Gasteiger partial charge in [-0.15, -0.1) is 12.4 Å². The lowest BCUT2D eigenvalue weighted by Crippen LogP contribution is -2.31. The number of nitrogens with zero attached hydrogens (tertiary/aromatic N) is 1. The Labute approximate surface area is 73.5 Å². The molecule has 1 rings (SSSR count). The van der Waals surface area contributed by atoms with E-state index in [4.69, 9.17) is 0 Å². The third-order valence-electron chi connectivity index (χ3n) is 2.04. The Morgan fingerprint density at radius 2 is 2.27 bits per heavy atom. The van der Waals surface area contributed by atoms with Gasteiger partial charge in [0.2, 0.25) is 5.91 Å². The highest BCUT2D eigenvalue weighted by molar-refractivity contribution is 5.85. The van der Waals surface area contributed by atoms with Crippen LogP contribution in [0.15, 0.2) is 0 Å². The summed E-state index contributed by atoms with van der Waals surface area (Å²) in [5.41, 5.74) is 0. The van der Waals surface area contributed by atoms with Crippen LogP contribution in [0.4, 0.5) is 0 Å². The molecule has 3 nitrogen and oxygen atoms in total. The van der Waals surface area contributed by atoms with Crippen LogP contribution in [-0.2, 0) is 4.79 Å². The Morgan fingerprint density at radius 1 is 1.64 bits per heavy atom. The van der Waals surface area contributed by atoms with Gasteiger partial charge in [0.15, 0.2) is 0 Å². The smallest absolute Gasteiger partial charge is 0.219 e. The summed E-state index contributed by atoms with van der Waals surface area (Å²) in [5.74, 6) is 0.192. The summed E-state index contributed by atoms with van der Waals surface area (Å²) < 4.78 is 0. The molecule has 0 bridgehead atoms. The van der Waals surface area contributed by atoms with Crippen molar-refractivity contribution in [3.05, 3.63) is 0 Å². The lowest BCUT2D eigenvalue weighted by molar-refractivity contribution is -0.127.